The lowest BCUT2D eigenvalue weighted by molar-refractivity contribution is -0.633. The van der Waals surface area contributed by atoms with Gasteiger partial charge in [0.25, 0.3) is 0 Å². The maximum absolute atomic E-state index is 8.61. The molecule has 0 atom stereocenters. The standard InChI is InChI=1S/C22H24N/c1-14-11-15(2)16(3)19(12-14)21-13-18-9-5-7-17-8-6-10-20(22(17)18)23(21)4/h6,8,10-13H,5,7,9H2,1-4H3/q+1/i5D2,7D2,9D2. The summed E-state index contributed by atoms with van der Waals surface area (Å²) in [5.74, 6) is 0. The average molecular weight is 308 g/mol. The Morgan fingerprint density at radius 2 is 1.78 bits per heavy atom. The van der Waals surface area contributed by atoms with Crippen molar-refractivity contribution in [1.82, 2.24) is 0 Å². The van der Waals surface area contributed by atoms with E-state index in [4.69, 9.17) is 8.22 Å². The van der Waals surface area contributed by atoms with Crippen molar-refractivity contribution < 1.29 is 12.8 Å². The Bertz CT molecular complexity index is 1180. The average Bonchev–Trinajstić information content (AvgIpc) is 2.63. The minimum Gasteiger partial charge on any atom is -0.194 e. The SMILES string of the molecule is [2H]C1([2H])c2cccc3c2c(cc(-c2cc(C)cc(C)c2C)[n+]3C)C([2H])([2H])C1([2H])[2H]. The smallest absolute Gasteiger partial charge is 0.194 e. The van der Waals surface area contributed by atoms with E-state index in [1.807, 2.05) is 38.5 Å². The molecule has 1 heteroatoms. The van der Waals surface area contributed by atoms with Gasteiger partial charge < -0.3 is 0 Å². The van der Waals surface area contributed by atoms with Crippen molar-refractivity contribution in [2.75, 3.05) is 0 Å². The minimum atomic E-state index is -2.71. The van der Waals surface area contributed by atoms with E-state index >= 15 is 0 Å². The molecule has 23 heavy (non-hydrogen) atoms. The fourth-order valence-corrected chi connectivity index (χ4v) is 3.47. The summed E-state index contributed by atoms with van der Waals surface area (Å²) in [6.45, 7) is 6.09. The fourth-order valence-electron chi connectivity index (χ4n) is 3.47. The largest absolute Gasteiger partial charge is 0.213 e. The molecule has 1 aliphatic carbocycles. The summed E-state index contributed by atoms with van der Waals surface area (Å²) in [7, 11) is 1.89. The van der Waals surface area contributed by atoms with Crippen molar-refractivity contribution in [2.45, 2.75) is 39.9 Å². The molecule has 0 radical (unpaired) electrons. The third-order valence-corrected chi connectivity index (χ3v) is 4.80. The Morgan fingerprint density at radius 3 is 2.61 bits per heavy atom. The van der Waals surface area contributed by atoms with Gasteiger partial charge in [-0.1, -0.05) is 23.8 Å². The number of nitrogens with zero attached hydrogens (tertiary/aromatic N) is 1. The van der Waals surface area contributed by atoms with Crippen LogP contribution in [-0.2, 0) is 19.8 Å². The van der Waals surface area contributed by atoms with E-state index < -0.39 is 19.1 Å². The van der Waals surface area contributed by atoms with Crippen LogP contribution in [0.2, 0.25) is 0 Å². The second kappa shape index (κ2) is 5.19. The van der Waals surface area contributed by atoms with Crippen LogP contribution in [0.5, 0.6) is 0 Å². The highest BCUT2D eigenvalue weighted by molar-refractivity contribution is 5.86. The van der Waals surface area contributed by atoms with Crippen LogP contribution >= 0.6 is 0 Å². The van der Waals surface area contributed by atoms with Gasteiger partial charge in [-0.25, -0.2) is 0 Å². The van der Waals surface area contributed by atoms with E-state index in [9.17, 15) is 0 Å². The quantitative estimate of drug-likeness (QED) is 0.571. The highest BCUT2D eigenvalue weighted by Gasteiger charge is 2.23. The zero-order valence-electron chi connectivity index (χ0n) is 19.9. The van der Waals surface area contributed by atoms with Gasteiger partial charge >= 0.3 is 0 Å². The second-order valence-electron chi connectivity index (χ2n) is 6.33. The molecular weight excluding hydrogens is 278 g/mol. The lowest BCUT2D eigenvalue weighted by Crippen LogP contribution is -2.33. The number of aryl methyl sites for hydroxylation is 5. The Labute approximate surface area is 147 Å². The summed E-state index contributed by atoms with van der Waals surface area (Å²) < 4.78 is 52.8. The summed E-state index contributed by atoms with van der Waals surface area (Å²) in [6, 6.07) is 11.0. The van der Waals surface area contributed by atoms with Gasteiger partial charge in [0, 0.05) is 25.9 Å². The highest BCUT2D eigenvalue weighted by Crippen LogP contribution is 2.32. The lowest BCUT2D eigenvalue weighted by Gasteiger charge is -2.18. The number of hydrogen-bond donors (Lipinski definition) is 0. The van der Waals surface area contributed by atoms with Gasteiger partial charge in [-0.15, -0.1) is 0 Å². The zero-order valence-corrected chi connectivity index (χ0v) is 13.9. The Hall–Kier alpha value is -2.15. The predicted octanol–water partition coefficient (Wildman–Crippen LogP) is 4.75. The fraction of sp³-hybridized carbons (Fsp3) is 0.318. The van der Waals surface area contributed by atoms with Gasteiger partial charge in [0.05, 0.1) is 5.39 Å². The molecule has 2 aromatic carbocycles. The number of hydrogen-bond acceptors (Lipinski definition) is 0. The van der Waals surface area contributed by atoms with Crippen LogP contribution in [0, 0.1) is 20.8 Å². The van der Waals surface area contributed by atoms with Gasteiger partial charge in [-0.05, 0) is 68.2 Å². The molecule has 0 amide bonds. The van der Waals surface area contributed by atoms with Crippen molar-refractivity contribution in [3.63, 3.8) is 0 Å². The van der Waals surface area contributed by atoms with Gasteiger partial charge in [0.15, 0.2) is 0 Å². The second-order valence-corrected chi connectivity index (χ2v) is 6.33. The maximum atomic E-state index is 8.61. The summed E-state index contributed by atoms with van der Waals surface area (Å²) in [4.78, 5) is 0. The van der Waals surface area contributed by atoms with E-state index in [0.717, 1.165) is 27.9 Å². The molecule has 1 aromatic heterocycles. The molecule has 1 aliphatic rings. The summed E-state index contributed by atoms with van der Waals surface area (Å²) >= 11 is 0. The Balaban J connectivity index is 2.20. The normalized spacial score (nSPS) is 24.0. The first-order chi connectivity index (χ1) is 13.3. The van der Waals surface area contributed by atoms with Crippen LogP contribution in [0.15, 0.2) is 36.4 Å². The van der Waals surface area contributed by atoms with E-state index in [0.29, 0.717) is 10.9 Å². The molecule has 0 saturated heterocycles. The van der Waals surface area contributed by atoms with E-state index in [1.54, 1.807) is 18.2 Å². The molecule has 0 saturated carbocycles. The lowest BCUT2D eigenvalue weighted by atomic mass is 9.88. The molecule has 3 aromatic rings. The molecule has 0 N–H and O–H groups in total. The van der Waals surface area contributed by atoms with E-state index in [-0.39, 0.29) is 11.1 Å². The number of rotatable bonds is 1. The molecule has 0 aliphatic heterocycles. The number of benzene rings is 2. The van der Waals surface area contributed by atoms with Crippen molar-refractivity contribution in [3.8, 4) is 11.3 Å². The first-order valence-corrected chi connectivity index (χ1v) is 7.87. The van der Waals surface area contributed by atoms with Crippen LogP contribution in [0.4, 0.5) is 0 Å². The molecular formula is C22H24N+. The number of aromatic nitrogens is 1. The van der Waals surface area contributed by atoms with Crippen molar-refractivity contribution in [1.29, 1.82) is 0 Å². The van der Waals surface area contributed by atoms with Gasteiger partial charge in [-0.2, -0.15) is 4.57 Å². The van der Waals surface area contributed by atoms with E-state index in [1.165, 1.54) is 0 Å². The maximum Gasteiger partial charge on any atom is 0.213 e. The molecule has 0 unspecified atom stereocenters. The Morgan fingerprint density at radius 1 is 1.00 bits per heavy atom. The minimum absolute atomic E-state index is 0.199. The van der Waals surface area contributed by atoms with Crippen molar-refractivity contribution >= 4 is 10.9 Å². The van der Waals surface area contributed by atoms with Gasteiger partial charge in [0.1, 0.15) is 7.05 Å². The van der Waals surface area contributed by atoms with Crippen LogP contribution in [-0.4, -0.2) is 0 Å². The molecule has 1 heterocycles. The van der Waals surface area contributed by atoms with E-state index in [2.05, 4.69) is 12.1 Å². The first kappa shape index (κ1) is 9.22. The van der Waals surface area contributed by atoms with Crippen LogP contribution < -0.4 is 4.57 Å². The molecule has 4 rings (SSSR count). The van der Waals surface area contributed by atoms with Gasteiger partial charge in [0.2, 0.25) is 11.2 Å². The molecule has 1 nitrogen and oxygen atoms in total. The summed E-state index contributed by atoms with van der Waals surface area (Å²) in [5.41, 5.74) is 6.17. The third kappa shape index (κ3) is 2.18. The van der Waals surface area contributed by atoms with Crippen molar-refractivity contribution in [2.24, 2.45) is 7.05 Å². The molecule has 116 valence electrons. The predicted molar refractivity (Wildman–Crippen MR) is 96.8 cm³/mol. The highest BCUT2D eigenvalue weighted by atomic mass is 14.9. The Kier molecular flexibility index (Phi) is 2.08. The molecule has 0 bridgehead atoms. The van der Waals surface area contributed by atoms with Crippen LogP contribution in [0.25, 0.3) is 22.2 Å². The molecule has 0 spiro atoms. The van der Waals surface area contributed by atoms with Crippen LogP contribution in [0.1, 0.15) is 42.4 Å². The van der Waals surface area contributed by atoms with Crippen LogP contribution in [0.3, 0.4) is 0 Å². The monoisotopic (exact) mass is 308 g/mol. The topological polar surface area (TPSA) is 3.88 Å². The van der Waals surface area contributed by atoms with Gasteiger partial charge in [-0.3, -0.25) is 0 Å². The number of pyridine rings is 1. The first-order valence-electron chi connectivity index (χ1n) is 10.9. The summed E-state index contributed by atoms with van der Waals surface area (Å²) in [5, 5.41) is 0.464. The zero-order chi connectivity index (χ0) is 21.5. The summed E-state index contributed by atoms with van der Waals surface area (Å²) in [6.07, 6.45) is -7.65. The van der Waals surface area contributed by atoms with Crippen molar-refractivity contribution in [3.05, 3.63) is 64.2 Å². The molecule has 0 fully saturated rings. The third-order valence-electron chi connectivity index (χ3n) is 4.80.